The van der Waals surface area contributed by atoms with E-state index in [1.165, 1.54) is 6.07 Å². The van der Waals surface area contributed by atoms with Crippen LogP contribution in [0.3, 0.4) is 0 Å². The van der Waals surface area contributed by atoms with Crippen LogP contribution in [0.2, 0.25) is 5.15 Å². The summed E-state index contributed by atoms with van der Waals surface area (Å²) in [4.78, 5) is 20.2. The summed E-state index contributed by atoms with van der Waals surface area (Å²) in [5, 5.41) is 0.459. The minimum absolute atomic E-state index is 0.0393. The van der Waals surface area contributed by atoms with E-state index < -0.39 is 0 Å². The van der Waals surface area contributed by atoms with Gasteiger partial charge < -0.3 is 9.80 Å². The third-order valence-electron chi connectivity index (χ3n) is 4.01. The second-order valence-electron chi connectivity index (χ2n) is 5.47. The zero-order valence-electron chi connectivity index (χ0n) is 12.6. The highest BCUT2D eigenvalue weighted by Crippen LogP contribution is 2.19. The molecule has 2 heterocycles. The number of amides is 1. The highest BCUT2D eigenvalue weighted by molar-refractivity contribution is 6.29. The number of nitrogens with zero attached hydrogens (tertiary/aromatic N) is 3. The van der Waals surface area contributed by atoms with Crippen LogP contribution in [0.1, 0.15) is 5.56 Å². The Labute approximate surface area is 139 Å². The van der Waals surface area contributed by atoms with Gasteiger partial charge in [-0.1, -0.05) is 29.8 Å². The molecular weight excluding hydrogens is 317 g/mol. The average Bonchev–Trinajstić information content (AvgIpc) is 2.57. The highest BCUT2D eigenvalue weighted by atomic mass is 35.5. The standard InChI is InChI=1S/C17H17ClFN3O/c18-16-12-14(5-6-20-16)21-7-9-22(10-8-21)17(23)11-13-3-1-2-4-15(13)19/h1-6,12H,7-11H2. The Balaban J connectivity index is 1.58. The molecule has 1 saturated heterocycles. The van der Waals surface area contributed by atoms with Gasteiger partial charge in [0.2, 0.25) is 5.91 Å². The number of hydrogen-bond donors (Lipinski definition) is 0. The van der Waals surface area contributed by atoms with E-state index in [9.17, 15) is 9.18 Å². The average molecular weight is 334 g/mol. The van der Waals surface area contributed by atoms with Crippen molar-refractivity contribution in [2.75, 3.05) is 31.1 Å². The van der Waals surface area contributed by atoms with Gasteiger partial charge in [0.05, 0.1) is 6.42 Å². The van der Waals surface area contributed by atoms with Crippen molar-refractivity contribution in [2.24, 2.45) is 0 Å². The molecule has 1 fully saturated rings. The minimum Gasteiger partial charge on any atom is -0.368 e. The molecule has 0 N–H and O–H groups in total. The molecule has 1 aliphatic rings. The van der Waals surface area contributed by atoms with Crippen LogP contribution in [0.25, 0.3) is 0 Å². The molecule has 23 heavy (non-hydrogen) atoms. The lowest BCUT2D eigenvalue weighted by atomic mass is 10.1. The lowest BCUT2D eigenvalue weighted by Gasteiger charge is -2.36. The fourth-order valence-corrected chi connectivity index (χ4v) is 2.89. The lowest BCUT2D eigenvalue weighted by Crippen LogP contribution is -2.49. The molecular formula is C17H17ClFN3O. The van der Waals surface area contributed by atoms with E-state index >= 15 is 0 Å². The van der Waals surface area contributed by atoms with Crippen LogP contribution in [-0.2, 0) is 11.2 Å². The number of anilines is 1. The molecule has 0 aliphatic carbocycles. The van der Waals surface area contributed by atoms with Crippen molar-refractivity contribution in [3.63, 3.8) is 0 Å². The second-order valence-corrected chi connectivity index (χ2v) is 5.86. The van der Waals surface area contributed by atoms with Gasteiger partial charge in [-0.05, 0) is 23.8 Å². The minimum atomic E-state index is -0.328. The van der Waals surface area contributed by atoms with Crippen LogP contribution in [0, 0.1) is 5.82 Å². The van der Waals surface area contributed by atoms with Gasteiger partial charge in [-0.25, -0.2) is 9.37 Å². The van der Waals surface area contributed by atoms with E-state index in [1.807, 2.05) is 12.1 Å². The summed E-state index contributed by atoms with van der Waals surface area (Å²) >= 11 is 5.91. The van der Waals surface area contributed by atoms with Crippen molar-refractivity contribution < 1.29 is 9.18 Å². The number of rotatable bonds is 3. The number of halogens is 2. The van der Waals surface area contributed by atoms with Crippen LogP contribution >= 0.6 is 11.6 Å². The zero-order chi connectivity index (χ0) is 16.2. The highest BCUT2D eigenvalue weighted by Gasteiger charge is 2.22. The Kier molecular flexibility index (Phi) is 4.76. The van der Waals surface area contributed by atoms with Gasteiger partial charge in [0.25, 0.3) is 0 Å². The van der Waals surface area contributed by atoms with Crippen LogP contribution in [0.15, 0.2) is 42.6 Å². The molecule has 6 heteroatoms. The predicted molar refractivity (Wildman–Crippen MR) is 88.1 cm³/mol. The Bertz CT molecular complexity index is 702. The summed E-state index contributed by atoms with van der Waals surface area (Å²) in [6.07, 6.45) is 1.78. The molecule has 0 radical (unpaired) electrons. The number of aromatic nitrogens is 1. The zero-order valence-corrected chi connectivity index (χ0v) is 13.3. The van der Waals surface area contributed by atoms with Gasteiger partial charge in [-0.3, -0.25) is 4.79 Å². The summed E-state index contributed by atoms with van der Waals surface area (Å²) in [5.74, 6) is -0.367. The molecule has 0 atom stereocenters. The molecule has 0 bridgehead atoms. The molecule has 1 amide bonds. The van der Waals surface area contributed by atoms with Gasteiger partial charge in [0.1, 0.15) is 11.0 Å². The molecule has 4 nitrogen and oxygen atoms in total. The van der Waals surface area contributed by atoms with E-state index in [4.69, 9.17) is 11.6 Å². The smallest absolute Gasteiger partial charge is 0.227 e. The first-order valence-corrected chi connectivity index (χ1v) is 7.89. The lowest BCUT2D eigenvalue weighted by molar-refractivity contribution is -0.130. The predicted octanol–water partition coefficient (Wildman–Crippen LogP) is 2.77. The number of piperazine rings is 1. The topological polar surface area (TPSA) is 36.4 Å². The van der Waals surface area contributed by atoms with E-state index in [2.05, 4.69) is 9.88 Å². The van der Waals surface area contributed by atoms with E-state index in [0.717, 1.165) is 18.8 Å². The molecule has 1 aliphatic heterocycles. The monoisotopic (exact) mass is 333 g/mol. The molecule has 3 rings (SSSR count). The van der Waals surface area contributed by atoms with Crippen LogP contribution in [0.5, 0.6) is 0 Å². The molecule has 1 aromatic carbocycles. The maximum absolute atomic E-state index is 13.6. The van der Waals surface area contributed by atoms with E-state index in [0.29, 0.717) is 23.8 Å². The first-order chi connectivity index (χ1) is 11.1. The first kappa shape index (κ1) is 15.7. The van der Waals surface area contributed by atoms with Crippen molar-refractivity contribution in [3.05, 3.63) is 59.1 Å². The van der Waals surface area contributed by atoms with Gasteiger partial charge >= 0.3 is 0 Å². The van der Waals surface area contributed by atoms with Crippen LogP contribution < -0.4 is 4.90 Å². The van der Waals surface area contributed by atoms with Crippen molar-refractivity contribution in [3.8, 4) is 0 Å². The Morgan fingerprint density at radius 3 is 2.61 bits per heavy atom. The van der Waals surface area contributed by atoms with Gasteiger partial charge in [-0.2, -0.15) is 0 Å². The van der Waals surface area contributed by atoms with Gasteiger partial charge in [-0.15, -0.1) is 0 Å². The second kappa shape index (κ2) is 6.96. The largest absolute Gasteiger partial charge is 0.368 e. The Morgan fingerprint density at radius 1 is 1.17 bits per heavy atom. The summed E-state index contributed by atoms with van der Waals surface area (Å²) < 4.78 is 13.6. The third kappa shape index (κ3) is 3.79. The molecule has 0 unspecified atom stereocenters. The van der Waals surface area contributed by atoms with E-state index in [-0.39, 0.29) is 18.1 Å². The number of hydrogen-bond acceptors (Lipinski definition) is 3. The number of benzene rings is 1. The summed E-state index contributed by atoms with van der Waals surface area (Å²) in [7, 11) is 0. The SMILES string of the molecule is O=C(Cc1ccccc1F)N1CCN(c2ccnc(Cl)c2)CC1. The van der Waals surface area contributed by atoms with Crippen molar-refractivity contribution in [1.82, 2.24) is 9.88 Å². The number of carbonyl (C=O) groups excluding carboxylic acids is 1. The Morgan fingerprint density at radius 2 is 1.91 bits per heavy atom. The summed E-state index contributed by atoms with van der Waals surface area (Å²) in [6.45, 7) is 2.69. The fourth-order valence-electron chi connectivity index (χ4n) is 2.72. The van der Waals surface area contributed by atoms with Crippen LogP contribution in [0.4, 0.5) is 10.1 Å². The van der Waals surface area contributed by atoms with Crippen molar-refractivity contribution in [1.29, 1.82) is 0 Å². The number of carbonyl (C=O) groups is 1. The van der Waals surface area contributed by atoms with E-state index in [1.54, 1.807) is 29.3 Å². The summed E-state index contributed by atoms with van der Waals surface area (Å²) in [6, 6.07) is 10.1. The molecule has 0 spiro atoms. The van der Waals surface area contributed by atoms with Crippen LogP contribution in [-0.4, -0.2) is 42.0 Å². The maximum Gasteiger partial charge on any atom is 0.227 e. The number of pyridine rings is 1. The first-order valence-electron chi connectivity index (χ1n) is 7.51. The molecule has 120 valence electrons. The normalized spacial score (nSPS) is 14.9. The Hall–Kier alpha value is -2.14. The van der Waals surface area contributed by atoms with Crippen molar-refractivity contribution >= 4 is 23.2 Å². The fraction of sp³-hybridized carbons (Fsp3) is 0.294. The van der Waals surface area contributed by atoms with Gasteiger partial charge in [0.15, 0.2) is 0 Å². The van der Waals surface area contributed by atoms with Crippen molar-refractivity contribution in [2.45, 2.75) is 6.42 Å². The van der Waals surface area contributed by atoms with Gasteiger partial charge in [0, 0.05) is 38.1 Å². The summed E-state index contributed by atoms with van der Waals surface area (Å²) in [5.41, 5.74) is 1.45. The maximum atomic E-state index is 13.6. The quantitative estimate of drug-likeness (QED) is 0.810. The molecule has 2 aromatic rings. The molecule has 0 saturated carbocycles. The third-order valence-corrected chi connectivity index (χ3v) is 4.21. The molecule has 1 aromatic heterocycles.